The van der Waals surface area contributed by atoms with Crippen molar-refractivity contribution in [3.63, 3.8) is 0 Å². The molecule has 28 heavy (non-hydrogen) atoms. The zero-order valence-electron chi connectivity index (χ0n) is 15.8. The van der Waals surface area contributed by atoms with E-state index in [0.29, 0.717) is 5.75 Å². The van der Waals surface area contributed by atoms with Gasteiger partial charge in [0.05, 0.1) is 5.75 Å². The molecule has 0 radical (unpaired) electrons. The van der Waals surface area contributed by atoms with Crippen LogP contribution in [-0.4, -0.2) is 21.9 Å². The van der Waals surface area contributed by atoms with Crippen LogP contribution in [0, 0.1) is 20.8 Å². The fraction of sp³-hybridized carbons (Fsp3) is 0.250. The summed E-state index contributed by atoms with van der Waals surface area (Å²) >= 11 is 10.5. The summed E-state index contributed by atoms with van der Waals surface area (Å²) in [5, 5.41) is 12.1. The van der Waals surface area contributed by atoms with Crippen molar-refractivity contribution in [1.82, 2.24) is 10.2 Å². The minimum Gasteiger partial charge on any atom is -0.325 e. The van der Waals surface area contributed by atoms with Gasteiger partial charge in [-0.15, -0.1) is 10.2 Å². The van der Waals surface area contributed by atoms with Gasteiger partial charge in [-0.05, 0) is 49.6 Å². The van der Waals surface area contributed by atoms with E-state index in [1.54, 1.807) is 11.8 Å². The second-order valence-corrected chi connectivity index (χ2v) is 10.2. The summed E-state index contributed by atoms with van der Waals surface area (Å²) in [5.41, 5.74) is 5.43. The fourth-order valence-electron chi connectivity index (χ4n) is 2.72. The van der Waals surface area contributed by atoms with E-state index in [-0.39, 0.29) is 5.91 Å². The highest BCUT2D eigenvalue weighted by molar-refractivity contribution is 8.03. The van der Waals surface area contributed by atoms with Crippen molar-refractivity contribution in [1.29, 1.82) is 0 Å². The van der Waals surface area contributed by atoms with E-state index in [9.17, 15) is 4.79 Å². The van der Waals surface area contributed by atoms with Crippen LogP contribution in [0.3, 0.4) is 0 Å². The number of hydrogen-bond donors (Lipinski definition) is 1. The molecule has 0 aliphatic rings. The minimum absolute atomic E-state index is 0.0365. The number of nitrogens with zero attached hydrogens (tertiary/aromatic N) is 2. The van der Waals surface area contributed by atoms with E-state index in [2.05, 4.69) is 34.6 Å². The van der Waals surface area contributed by atoms with Gasteiger partial charge >= 0.3 is 0 Å². The molecule has 0 bridgehead atoms. The van der Waals surface area contributed by atoms with Crippen LogP contribution >= 0.6 is 46.5 Å². The van der Waals surface area contributed by atoms with Crippen LogP contribution in [0.5, 0.6) is 0 Å². The summed E-state index contributed by atoms with van der Waals surface area (Å²) in [6.45, 7) is 6.08. The topological polar surface area (TPSA) is 54.9 Å². The van der Waals surface area contributed by atoms with Gasteiger partial charge in [0.2, 0.25) is 5.91 Å². The van der Waals surface area contributed by atoms with E-state index in [1.807, 2.05) is 38.1 Å². The Labute approximate surface area is 182 Å². The predicted molar refractivity (Wildman–Crippen MR) is 121 cm³/mol. The number of benzene rings is 2. The number of hydrogen-bond acceptors (Lipinski definition) is 6. The largest absolute Gasteiger partial charge is 0.325 e. The number of aryl methyl sites for hydroxylation is 3. The lowest BCUT2D eigenvalue weighted by atomic mass is 10.1. The Bertz CT molecular complexity index is 950. The highest BCUT2D eigenvalue weighted by Crippen LogP contribution is 2.31. The summed E-state index contributed by atoms with van der Waals surface area (Å²) in [4.78, 5) is 12.3. The van der Waals surface area contributed by atoms with Crippen molar-refractivity contribution in [2.75, 3.05) is 11.1 Å². The van der Waals surface area contributed by atoms with Crippen molar-refractivity contribution in [3.8, 4) is 0 Å². The van der Waals surface area contributed by atoms with Crippen LogP contribution in [0.25, 0.3) is 0 Å². The number of carbonyl (C=O) groups is 1. The molecule has 1 amide bonds. The smallest absolute Gasteiger partial charge is 0.234 e. The molecular weight excluding hydrogens is 430 g/mol. The van der Waals surface area contributed by atoms with Crippen LogP contribution in [0.2, 0.25) is 5.02 Å². The molecule has 146 valence electrons. The maximum atomic E-state index is 12.3. The van der Waals surface area contributed by atoms with Gasteiger partial charge in [-0.1, -0.05) is 76.3 Å². The molecule has 8 heteroatoms. The Kier molecular flexibility index (Phi) is 7.40. The van der Waals surface area contributed by atoms with Gasteiger partial charge < -0.3 is 5.32 Å². The molecule has 3 rings (SSSR count). The van der Waals surface area contributed by atoms with E-state index in [1.165, 1.54) is 34.2 Å². The molecule has 2 aromatic carbocycles. The number of thioether (sulfide) groups is 2. The molecule has 1 aromatic heterocycles. The number of halogens is 1. The first kappa shape index (κ1) is 21.2. The second-order valence-electron chi connectivity index (χ2n) is 6.36. The number of amides is 1. The molecule has 1 N–H and O–H groups in total. The summed E-state index contributed by atoms with van der Waals surface area (Å²) < 4.78 is 1.69. The zero-order valence-corrected chi connectivity index (χ0v) is 19.0. The van der Waals surface area contributed by atoms with E-state index in [0.717, 1.165) is 36.3 Å². The van der Waals surface area contributed by atoms with Crippen molar-refractivity contribution < 1.29 is 4.79 Å². The third kappa shape index (κ3) is 5.98. The lowest BCUT2D eigenvalue weighted by Crippen LogP contribution is -2.15. The molecule has 1 heterocycles. The van der Waals surface area contributed by atoms with Crippen molar-refractivity contribution >= 4 is 58.1 Å². The Morgan fingerprint density at radius 3 is 2.29 bits per heavy atom. The average Bonchev–Trinajstić information content (AvgIpc) is 3.10. The van der Waals surface area contributed by atoms with E-state index >= 15 is 0 Å². The highest BCUT2D eigenvalue weighted by Gasteiger charge is 2.11. The number of carbonyl (C=O) groups excluding carboxylic acids is 1. The van der Waals surface area contributed by atoms with Crippen LogP contribution in [0.15, 0.2) is 45.1 Å². The Hall–Kier alpha value is -1.54. The Balaban J connectivity index is 1.50. The monoisotopic (exact) mass is 449 g/mol. The first-order valence-electron chi connectivity index (χ1n) is 8.62. The molecule has 0 spiro atoms. The number of nitrogens with one attached hydrogen (secondary N) is 1. The van der Waals surface area contributed by atoms with Crippen molar-refractivity contribution in [2.45, 2.75) is 35.2 Å². The summed E-state index contributed by atoms with van der Waals surface area (Å²) in [6, 6.07) is 11.9. The van der Waals surface area contributed by atoms with Gasteiger partial charge in [0.1, 0.15) is 0 Å². The standard InChI is InChI=1S/C20H20ClN3OS3/c1-12-8-13(2)18(14(3)9-12)22-17(25)11-27-20-24-23-19(28-20)26-10-15-4-6-16(21)7-5-15/h4-9H,10-11H2,1-3H3,(H,22,25). The molecular formula is C20H20ClN3OS3. The molecule has 0 atom stereocenters. The SMILES string of the molecule is Cc1cc(C)c(NC(=O)CSc2nnc(SCc3ccc(Cl)cc3)s2)c(C)c1. The number of anilines is 1. The number of aromatic nitrogens is 2. The molecule has 0 unspecified atom stereocenters. The highest BCUT2D eigenvalue weighted by atomic mass is 35.5. The van der Waals surface area contributed by atoms with Crippen molar-refractivity contribution in [2.24, 2.45) is 0 Å². The zero-order chi connectivity index (χ0) is 20.1. The maximum Gasteiger partial charge on any atom is 0.234 e. The van der Waals surface area contributed by atoms with Gasteiger partial charge in [0.25, 0.3) is 0 Å². The lowest BCUT2D eigenvalue weighted by Gasteiger charge is -2.12. The van der Waals surface area contributed by atoms with Crippen LogP contribution in [0.1, 0.15) is 22.3 Å². The minimum atomic E-state index is -0.0365. The molecule has 0 saturated carbocycles. The third-order valence-corrected chi connectivity index (χ3v) is 7.44. The van der Waals surface area contributed by atoms with Gasteiger partial charge in [-0.25, -0.2) is 0 Å². The maximum absolute atomic E-state index is 12.3. The van der Waals surface area contributed by atoms with Crippen LogP contribution in [-0.2, 0) is 10.5 Å². The lowest BCUT2D eigenvalue weighted by molar-refractivity contribution is -0.113. The average molecular weight is 450 g/mol. The van der Waals surface area contributed by atoms with E-state index in [4.69, 9.17) is 11.6 Å². The van der Waals surface area contributed by atoms with E-state index < -0.39 is 0 Å². The molecule has 0 fully saturated rings. The second kappa shape index (κ2) is 9.78. The predicted octanol–water partition coefficient (Wildman–Crippen LogP) is 6.14. The molecule has 4 nitrogen and oxygen atoms in total. The van der Waals surface area contributed by atoms with Gasteiger partial charge in [0, 0.05) is 16.5 Å². The molecule has 0 aliphatic heterocycles. The van der Waals surface area contributed by atoms with Crippen LogP contribution < -0.4 is 5.32 Å². The summed E-state index contributed by atoms with van der Waals surface area (Å²) in [6.07, 6.45) is 0. The number of rotatable bonds is 7. The normalized spacial score (nSPS) is 10.9. The van der Waals surface area contributed by atoms with Gasteiger partial charge in [-0.2, -0.15) is 0 Å². The molecule has 0 saturated heterocycles. The summed E-state index contributed by atoms with van der Waals surface area (Å²) in [7, 11) is 0. The first-order chi connectivity index (χ1) is 13.4. The third-order valence-electron chi connectivity index (χ3n) is 3.93. The Morgan fingerprint density at radius 2 is 1.64 bits per heavy atom. The first-order valence-corrected chi connectivity index (χ1v) is 11.8. The molecule has 3 aromatic rings. The van der Waals surface area contributed by atoms with Gasteiger partial charge in [-0.3, -0.25) is 4.79 Å². The Morgan fingerprint density at radius 1 is 1.04 bits per heavy atom. The quantitative estimate of drug-likeness (QED) is 0.439. The van der Waals surface area contributed by atoms with Crippen LogP contribution in [0.4, 0.5) is 5.69 Å². The molecule has 0 aliphatic carbocycles. The fourth-order valence-corrected chi connectivity index (χ4v) is 5.62. The van der Waals surface area contributed by atoms with Gasteiger partial charge in [0.15, 0.2) is 8.68 Å². The summed E-state index contributed by atoms with van der Waals surface area (Å²) in [5.74, 6) is 1.08. The van der Waals surface area contributed by atoms with Crippen molar-refractivity contribution in [3.05, 3.63) is 63.7 Å².